The minimum absolute atomic E-state index is 0.144. The highest BCUT2D eigenvalue weighted by Crippen LogP contribution is 2.14. The maximum Gasteiger partial charge on any atom is 0.0900 e. The Labute approximate surface area is 158 Å². The largest absolute Gasteiger partial charge is 0.389 e. The topological polar surface area (TPSA) is 45.2 Å². The average molecular weight is 365 g/mol. The van der Waals surface area contributed by atoms with E-state index in [4.69, 9.17) is 9.47 Å². The molecule has 1 aliphatic rings. The zero-order valence-corrected chi connectivity index (χ0v) is 16.9. The molecule has 0 aromatic heterocycles. The van der Waals surface area contributed by atoms with E-state index in [9.17, 15) is 5.11 Å². The third kappa shape index (κ3) is 7.72. The maximum atomic E-state index is 10.4. The van der Waals surface area contributed by atoms with Crippen LogP contribution in [0.5, 0.6) is 0 Å². The van der Waals surface area contributed by atoms with Crippen LogP contribution < -0.4 is 0 Å². The molecule has 26 heavy (non-hydrogen) atoms. The first-order valence-corrected chi connectivity index (χ1v) is 9.82. The molecule has 0 radical (unpaired) electrons. The molecule has 0 unspecified atom stereocenters. The van der Waals surface area contributed by atoms with Crippen LogP contribution in [0.15, 0.2) is 18.2 Å². The third-order valence-electron chi connectivity index (χ3n) is 4.83. The van der Waals surface area contributed by atoms with Crippen LogP contribution in [0.2, 0.25) is 0 Å². The van der Waals surface area contributed by atoms with Crippen LogP contribution in [0.3, 0.4) is 0 Å². The van der Waals surface area contributed by atoms with Gasteiger partial charge in [0, 0.05) is 39.3 Å². The molecule has 1 N–H and O–H groups in total. The van der Waals surface area contributed by atoms with Crippen LogP contribution in [0, 0.1) is 13.8 Å². The second kappa shape index (κ2) is 11.0. The molecular weight excluding hydrogens is 328 g/mol. The Morgan fingerprint density at radius 3 is 2.65 bits per heavy atom. The molecule has 1 saturated heterocycles. The van der Waals surface area contributed by atoms with Crippen molar-refractivity contribution in [1.82, 2.24) is 9.80 Å². The van der Waals surface area contributed by atoms with Gasteiger partial charge in [-0.15, -0.1) is 0 Å². The van der Waals surface area contributed by atoms with E-state index in [2.05, 4.69) is 41.8 Å². The van der Waals surface area contributed by atoms with Crippen molar-refractivity contribution >= 4 is 0 Å². The van der Waals surface area contributed by atoms with E-state index in [-0.39, 0.29) is 6.10 Å². The van der Waals surface area contributed by atoms with Gasteiger partial charge < -0.3 is 14.6 Å². The lowest BCUT2D eigenvalue weighted by molar-refractivity contribution is -0.0129. The zero-order valence-electron chi connectivity index (χ0n) is 16.9. The van der Waals surface area contributed by atoms with Gasteiger partial charge >= 0.3 is 0 Å². The lowest BCUT2D eigenvalue weighted by Crippen LogP contribution is -2.43. The highest BCUT2D eigenvalue weighted by atomic mass is 16.5. The van der Waals surface area contributed by atoms with Gasteiger partial charge in [0.05, 0.1) is 32.0 Å². The van der Waals surface area contributed by atoms with Gasteiger partial charge in [0.15, 0.2) is 0 Å². The van der Waals surface area contributed by atoms with Crippen LogP contribution in [0.4, 0.5) is 0 Å². The quantitative estimate of drug-likeness (QED) is 0.690. The van der Waals surface area contributed by atoms with Crippen LogP contribution in [0.25, 0.3) is 0 Å². The first-order chi connectivity index (χ1) is 12.4. The summed E-state index contributed by atoms with van der Waals surface area (Å²) >= 11 is 0. The number of aliphatic hydroxyl groups excluding tert-OH is 1. The average Bonchev–Trinajstić information content (AvgIpc) is 2.62. The second-order valence-electron chi connectivity index (χ2n) is 7.65. The minimum Gasteiger partial charge on any atom is -0.389 e. The van der Waals surface area contributed by atoms with Crippen LogP contribution in [-0.2, 0) is 16.0 Å². The Kier molecular flexibility index (Phi) is 9.02. The first-order valence-electron chi connectivity index (χ1n) is 9.82. The summed E-state index contributed by atoms with van der Waals surface area (Å²) in [5.74, 6) is 0. The number of ether oxygens (including phenoxy) is 2. The number of nitrogens with zero attached hydrogens (tertiary/aromatic N) is 2. The Bertz CT molecular complexity index is 530. The van der Waals surface area contributed by atoms with E-state index < -0.39 is 6.10 Å². The molecule has 0 amide bonds. The van der Waals surface area contributed by atoms with Crippen LogP contribution in [-0.4, -0.2) is 79.7 Å². The van der Waals surface area contributed by atoms with Gasteiger partial charge in [-0.05, 0) is 38.8 Å². The van der Waals surface area contributed by atoms with Crippen LogP contribution in [0.1, 0.15) is 30.5 Å². The van der Waals surface area contributed by atoms with Crippen molar-refractivity contribution in [3.8, 4) is 0 Å². The number of aliphatic hydroxyl groups is 1. The summed E-state index contributed by atoms with van der Waals surface area (Å²) < 4.78 is 11.0. The van der Waals surface area contributed by atoms with E-state index >= 15 is 0 Å². The van der Waals surface area contributed by atoms with Crippen molar-refractivity contribution in [2.24, 2.45) is 0 Å². The summed E-state index contributed by atoms with van der Waals surface area (Å²) in [4.78, 5) is 4.79. The van der Waals surface area contributed by atoms with E-state index in [1.165, 1.54) is 16.7 Å². The molecule has 1 aromatic rings. The summed E-state index contributed by atoms with van der Waals surface area (Å²) in [5.41, 5.74) is 3.92. The fraction of sp³-hybridized carbons (Fsp3) is 0.714. The second-order valence-corrected chi connectivity index (χ2v) is 7.65. The molecular formula is C21H36N2O3. The summed E-state index contributed by atoms with van der Waals surface area (Å²) in [6.45, 7) is 15.7. The van der Waals surface area contributed by atoms with Crippen molar-refractivity contribution in [2.45, 2.75) is 46.4 Å². The molecule has 5 heteroatoms. The number of hydrogen-bond donors (Lipinski definition) is 1. The van der Waals surface area contributed by atoms with Crippen molar-refractivity contribution in [3.63, 3.8) is 0 Å². The minimum atomic E-state index is -0.466. The Morgan fingerprint density at radius 2 is 1.96 bits per heavy atom. The molecule has 0 spiro atoms. The summed E-state index contributed by atoms with van der Waals surface area (Å²) in [6.07, 6.45) is -0.322. The van der Waals surface area contributed by atoms with Crippen molar-refractivity contribution in [1.29, 1.82) is 0 Å². The van der Waals surface area contributed by atoms with Gasteiger partial charge in [0.25, 0.3) is 0 Å². The van der Waals surface area contributed by atoms with Crippen molar-refractivity contribution in [2.75, 3.05) is 52.5 Å². The molecule has 1 fully saturated rings. The molecule has 1 aromatic carbocycles. The number of morpholine rings is 1. The van der Waals surface area contributed by atoms with Gasteiger partial charge in [-0.2, -0.15) is 0 Å². The number of benzene rings is 1. The van der Waals surface area contributed by atoms with E-state index in [0.29, 0.717) is 13.2 Å². The highest BCUT2D eigenvalue weighted by molar-refractivity contribution is 5.30. The standard InChI is InChI=1S/C21H36N2O3/c1-17(2)26-16-21(24)15-23(8-7-22-9-11-25-12-10-22)14-20-13-18(3)5-6-19(20)4/h5-6,13,17,21,24H,7-12,14-16H2,1-4H3/t21-/m0/s1. The Balaban J connectivity index is 1.95. The number of rotatable bonds is 10. The SMILES string of the molecule is Cc1ccc(C)c(CN(CCN2CCOCC2)C[C@H](O)COC(C)C)c1. The lowest BCUT2D eigenvalue weighted by atomic mass is 10.0. The van der Waals surface area contributed by atoms with Gasteiger partial charge in [-0.3, -0.25) is 9.80 Å². The van der Waals surface area contributed by atoms with E-state index in [1.807, 2.05) is 13.8 Å². The fourth-order valence-corrected chi connectivity index (χ4v) is 3.21. The zero-order chi connectivity index (χ0) is 18.9. The monoisotopic (exact) mass is 364 g/mol. The Hall–Kier alpha value is -0.980. The maximum absolute atomic E-state index is 10.4. The van der Waals surface area contributed by atoms with E-state index in [1.54, 1.807) is 0 Å². The predicted octanol–water partition coefficient (Wildman–Crippen LogP) is 2.22. The van der Waals surface area contributed by atoms with Gasteiger partial charge in [0.1, 0.15) is 0 Å². The van der Waals surface area contributed by atoms with Crippen molar-refractivity contribution < 1.29 is 14.6 Å². The first kappa shape index (κ1) is 21.3. The molecule has 0 bridgehead atoms. The molecule has 2 rings (SSSR count). The van der Waals surface area contributed by atoms with Gasteiger partial charge in [-0.1, -0.05) is 23.8 Å². The molecule has 1 aliphatic heterocycles. The number of hydrogen-bond acceptors (Lipinski definition) is 5. The number of aryl methyl sites for hydroxylation is 2. The lowest BCUT2D eigenvalue weighted by Gasteiger charge is -2.31. The molecule has 0 saturated carbocycles. The van der Waals surface area contributed by atoms with Crippen LogP contribution >= 0.6 is 0 Å². The fourth-order valence-electron chi connectivity index (χ4n) is 3.21. The van der Waals surface area contributed by atoms with Gasteiger partial charge in [-0.25, -0.2) is 0 Å². The molecule has 5 nitrogen and oxygen atoms in total. The summed E-state index contributed by atoms with van der Waals surface area (Å²) in [7, 11) is 0. The molecule has 0 aliphatic carbocycles. The third-order valence-corrected chi connectivity index (χ3v) is 4.83. The predicted molar refractivity (Wildman–Crippen MR) is 106 cm³/mol. The van der Waals surface area contributed by atoms with Gasteiger partial charge in [0.2, 0.25) is 0 Å². The summed E-state index contributed by atoms with van der Waals surface area (Å²) in [5, 5.41) is 10.4. The molecule has 1 heterocycles. The molecule has 1 atom stereocenters. The highest BCUT2D eigenvalue weighted by Gasteiger charge is 2.17. The normalized spacial score (nSPS) is 17.2. The molecule has 148 valence electrons. The Morgan fingerprint density at radius 1 is 1.23 bits per heavy atom. The summed E-state index contributed by atoms with van der Waals surface area (Å²) in [6, 6.07) is 6.60. The smallest absolute Gasteiger partial charge is 0.0900 e. The van der Waals surface area contributed by atoms with E-state index in [0.717, 1.165) is 45.9 Å². The van der Waals surface area contributed by atoms with Crippen molar-refractivity contribution in [3.05, 3.63) is 34.9 Å².